The maximum absolute atomic E-state index is 6.51. The first-order chi connectivity index (χ1) is 31.0. The van der Waals surface area contributed by atoms with Crippen LogP contribution in [0.4, 0.5) is 0 Å². The van der Waals surface area contributed by atoms with Crippen LogP contribution in [0.1, 0.15) is 316 Å². The van der Waals surface area contributed by atoms with E-state index in [-0.39, 0.29) is 0 Å². The Bertz CT molecular complexity index is 956. The normalized spacial score (nSPS) is 13.0. The second kappa shape index (κ2) is 47.9. The SMILES string of the molecule is CCCCCCCCCCCCCCCCCCC(CCCCCCCCCCCCCCCCCC)CCCCC(CCC(C)CCCC(C)C)N(CCCl)Cc1ccccc1. The maximum Gasteiger partial charge on any atom is 0.0351 e. The maximum atomic E-state index is 6.51. The van der Waals surface area contributed by atoms with Crippen molar-refractivity contribution in [1.82, 2.24) is 4.90 Å². The number of rotatable bonds is 51. The number of alkyl halides is 1. The molecule has 0 fully saturated rings. The summed E-state index contributed by atoms with van der Waals surface area (Å²) in [4.78, 5) is 2.76. The summed E-state index contributed by atoms with van der Waals surface area (Å²) in [6.07, 6.45) is 62.3. The highest BCUT2D eigenvalue weighted by molar-refractivity contribution is 6.18. The van der Waals surface area contributed by atoms with Gasteiger partial charge in [-0.3, -0.25) is 4.90 Å². The lowest BCUT2D eigenvalue weighted by molar-refractivity contribution is 0.165. The first kappa shape index (κ1) is 60.5. The summed E-state index contributed by atoms with van der Waals surface area (Å²) in [7, 11) is 0. The van der Waals surface area contributed by atoms with Crippen LogP contribution in [-0.2, 0) is 6.54 Å². The predicted molar refractivity (Wildman–Crippen MR) is 289 cm³/mol. The van der Waals surface area contributed by atoms with Crippen molar-refractivity contribution in [1.29, 1.82) is 0 Å². The van der Waals surface area contributed by atoms with Crippen molar-refractivity contribution in [2.75, 3.05) is 12.4 Å². The van der Waals surface area contributed by atoms with Crippen molar-refractivity contribution in [2.24, 2.45) is 17.8 Å². The van der Waals surface area contributed by atoms with Crippen molar-refractivity contribution < 1.29 is 0 Å². The van der Waals surface area contributed by atoms with E-state index in [0.29, 0.717) is 6.04 Å². The zero-order valence-electron chi connectivity index (χ0n) is 44.0. The lowest BCUT2D eigenvalue weighted by Gasteiger charge is -2.32. The predicted octanol–water partition coefficient (Wildman–Crippen LogP) is 21.8. The van der Waals surface area contributed by atoms with E-state index in [1.165, 1.54) is 282 Å². The van der Waals surface area contributed by atoms with Crippen LogP contribution in [0.5, 0.6) is 0 Å². The minimum atomic E-state index is 0.649. The quantitative estimate of drug-likeness (QED) is 0.0465. The van der Waals surface area contributed by atoms with E-state index in [2.05, 4.69) is 69.9 Å². The molecule has 1 aromatic carbocycles. The van der Waals surface area contributed by atoms with Gasteiger partial charge in [-0.05, 0) is 42.6 Å². The zero-order valence-corrected chi connectivity index (χ0v) is 44.8. The van der Waals surface area contributed by atoms with Gasteiger partial charge < -0.3 is 0 Å². The Morgan fingerprint density at radius 3 is 1.13 bits per heavy atom. The minimum absolute atomic E-state index is 0.649. The molecule has 0 aliphatic carbocycles. The summed E-state index contributed by atoms with van der Waals surface area (Å²) in [6.45, 7) is 14.0. The van der Waals surface area contributed by atoms with Crippen LogP contribution >= 0.6 is 11.6 Å². The Kier molecular flexibility index (Phi) is 46.0. The third kappa shape index (κ3) is 41.4. The van der Waals surface area contributed by atoms with Crippen LogP contribution in [-0.4, -0.2) is 23.4 Å². The van der Waals surface area contributed by atoms with Crippen LogP contribution in [0.3, 0.4) is 0 Å². The summed E-state index contributed by atoms with van der Waals surface area (Å²) in [5, 5.41) is 0. The standard InChI is InChI=1S/C61H116ClN/c1-6-8-10-12-14-16-18-20-22-24-26-28-30-32-34-37-46-59(47-38-35-33-31-29-27-25-23-21-19-17-15-13-11-9-7-2)48-41-42-51-61(53-52-58(5)45-43-44-57(3)4)63(55-54-62)56-60-49-39-36-40-50-60/h36,39-40,49-50,57-59,61H,6-35,37-38,41-48,51-56H2,1-5H3. The van der Waals surface area contributed by atoms with Gasteiger partial charge in [-0.25, -0.2) is 0 Å². The third-order valence-electron chi connectivity index (χ3n) is 14.9. The number of hydrogen-bond acceptors (Lipinski definition) is 1. The third-order valence-corrected chi connectivity index (χ3v) is 15.1. The zero-order chi connectivity index (χ0) is 45.5. The molecule has 63 heavy (non-hydrogen) atoms. The van der Waals surface area contributed by atoms with Crippen molar-refractivity contribution in [2.45, 2.75) is 323 Å². The topological polar surface area (TPSA) is 3.24 Å². The van der Waals surface area contributed by atoms with Crippen LogP contribution in [0.25, 0.3) is 0 Å². The number of unbranched alkanes of at least 4 members (excludes halogenated alkanes) is 31. The Labute approximate surface area is 404 Å². The Hall–Kier alpha value is -0.530. The van der Waals surface area contributed by atoms with Crippen LogP contribution < -0.4 is 0 Å². The average molecular weight is 899 g/mol. The van der Waals surface area contributed by atoms with E-state index in [0.717, 1.165) is 36.7 Å². The first-order valence-electron chi connectivity index (χ1n) is 29.3. The van der Waals surface area contributed by atoms with Gasteiger partial charge in [-0.15, -0.1) is 11.6 Å². The molecule has 0 amide bonds. The van der Waals surface area contributed by atoms with Gasteiger partial charge in [-0.1, -0.05) is 322 Å². The molecule has 0 saturated heterocycles. The Morgan fingerprint density at radius 2 is 0.746 bits per heavy atom. The van der Waals surface area contributed by atoms with E-state index in [9.17, 15) is 0 Å². The highest BCUT2D eigenvalue weighted by atomic mass is 35.5. The highest BCUT2D eigenvalue weighted by Crippen LogP contribution is 2.28. The van der Waals surface area contributed by atoms with Gasteiger partial charge in [0.15, 0.2) is 0 Å². The number of benzene rings is 1. The van der Waals surface area contributed by atoms with E-state index in [1.54, 1.807) is 0 Å². The number of hydrogen-bond donors (Lipinski definition) is 0. The fourth-order valence-electron chi connectivity index (χ4n) is 10.5. The van der Waals surface area contributed by atoms with E-state index in [4.69, 9.17) is 11.6 Å². The van der Waals surface area contributed by atoms with Gasteiger partial charge in [0.05, 0.1) is 0 Å². The lowest BCUT2D eigenvalue weighted by Crippen LogP contribution is -2.36. The molecule has 1 nitrogen and oxygen atoms in total. The first-order valence-corrected chi connectivity index (χ1v) is 29.9. The second-order valence-electron chi connectivity index (χ2n) is 21.6. The fraction of sp³-hybridized carbons (Fsp3) is 0.902. The van der Waals surface area contributed by atoms with Gasteiger partial charge in [0.2, 0.25) is 0 Å². The van der Waals surface area contributed by atoms with E-state index >= 15 is 0 Å². The molecule has 0 N–H and O–H groups in total. The average Bonchev–Trinajstić information content (AvgIpc) is 3.28. The van der Waals surface area contributed by atoms with E-state index < -0.39 is 0 Å². The lowest BCUT2D eigenvalue weighted by atomic mass is 9.88. The largest absolute Gasteiger partial charge is 0.295 e. The van der Waals surface area contributed by atoms with Crippen molar-refractivity contribution in [3.8, 4) is 0 Å². The Balaban J connectivity index is 2.52. The molecular formula is C61H116ClN. The monoisotopic (exact) mass is 898 g/mol. The van der Waals surface area contributed by atoms with Gasteiger partial charge in [0.1, 0.15) is 0 Å². The Morgan fingerprint density at radius 1 is 0.381 bits per heavy atom. The van der Waals surface area contributed by atoms with Gasteiger partial charge in [0.25, 0.3) is 0 Å². The molecule has 1 aromatic rings. The minimum Gasteiger partial charge on any atom is -0.295 e. The summed E-state index contributed by atoms with van der Waals surface area (Å²) in [5.41, 5.74) is 1.44. The highest BCUT2D eigenvalue weighted by Gasteiger charge is 2.20. The van der Waals surface area contributed by atoms with Crippen LogP contribution in [0.15, 0.2) is 30.3 Å². The van der Waals surface area contributed by atoms with Gasteiger partial charge in [-0.2, -0.15) is 0 Å². The molecule has 2 unspecified atom stereocenters. The molecule has 0 aromatic heterocycles. The molecule has 0 spiro atoms. The smallest absolute Gasteiger partial charge is 0.0351 e. The molecule has 0 radical (unpaired) electrons. The molecule has 0 aliphatic rings. The molecule has 0 bridgehead atoms. The number of nitrogens with zero attached hydrogens (tertiary/aromatic N) is 1. The van der Waals surface area contributed by atoms with Crippen molar-refractivity contribution in [3.05, 3.63) is 35.9 Å². The molecule has 0 heterocycles. The summed E-state index contributed by atoms with van der Waals surface area (Å²) < 4.78 is 0. The van der Waals surface area contributed by atoms with Gasteiger partial charge in [0, 0.05) is 25.0 Å². The van der Waals surface area contributed by atoms with Crippen LogP contribution in [0.2, 0.25) is 0 Å². The molecule has 1 rings (SSSR count). The van der Waals surface area contributed by atoms with Gasteiger partial charge >= 0.3 is 0 Å². The summed E-state index contributed by atoms with van der Waals surface area (Å²) in [5.74, 6) is 3.33. The number of halogens is 1. The molecule has 0 saturated carbocycles. The van der Waals surface area contributed by atoms with Crippen LogP contribution in [0, 0.1) is 17.8 Å². The summed E-state index contributed by atoms with van der Waals surface area (Å²) in [6, 6.07) is 11.8. The molecule has 0 aliphatic heterocycles. The molecular weight excluding hydrogens is 782 g/mol. The summed E-state index contributed by atoms with van der Waals surface area (Å²) >= 11 is 6.51. The van der Waals surface area contributed by atoms with Crippen molar-refractivity contribution in [3.63, 3.8) is 0 Å². The fourth-order valence-corrected chi connectivity index (χ4v) is 10.7. The molecule has 2 heteroatoms. The molecule has 372 valence electrons. The van der Waals surface area contributed by atoms with E-state index in [1.807, 2.05) is 0 Å². The van der Waals surface area contributed by atoms with Crippen molar-refractivity contribution >= 4 is 11.6 Å². The second-order valence-corrected chi connectivity index (χ2v) is 22.0. The molecule has 2 atom stereocenters.